The van der Waals surface area contributed by atoms with Gasteiger partial charge in [0.1, 0.15) is 0 Å². The molecule has 1 spiro atoms. The van der Waals surface area contributed by atoms with Crippen molar-refractivity contribution in [2.45, 2.75) is 84.2 Å². The van der Waals surface area contributed by atoms with Crippen molar-refractivity contribution >= 4 is 0 Å². The van der Waals surface area contributed by atoms with E-state index in [0.717, 1.165) is 38.5 Å². The van der Waals surface area contributed by atoms with E-state index in [4.69, 9.17) is 19.2 Å². The Morgan fingerprint density at radius 3 is 1.80 bits per heavy atom. The number of rotatable bonds is 8. The molecule has 0 aromatic heterocycles. The lowest BCUT2D eigenvalue weighted by atomic mass is 9.74. The van der Waals surface area contributed by atoms with Gasteiger partial charge in [0.25, 0.3) is 0 Å². The minimum Gasteiger partial charge on any atom is -0.396 e. The minimum absolute atomic E-state index is 0.00558. The Morgan fingerprint density at radius 1 is 0.880 bits per heavy atom. The van der Waals surface area contributed by atoms with Crippen LogP contribution < -0.4 is 0 Å². The summed E-state index contributed by atoms with van der Waals surface area (Å²) in [6.07, 6.45) is 4.35. The molecular weight excluding hydrogens is 324 g/mol. The SMILES string of the molecule is CCC(CC)(CO)C1CCC2(CO1)COC(C(CC)(CC)CO)OO2. The molecule has 148 valence electrons. The molecule has 0 aromatic carbocycles. The average molecular weight is 360 g/mol. The molecule has 0 radical (unpaired) electrons. The average Bonchev–Trinajstić information content (AvgIpc) is 2.68. The monoisotopic (exact) mass is 360 g/mol. The minimum atomic E-state index is -0.585. The van der Waals surface area contributed by atoms with Gasteiger partial charge >= 0.3 is 0 Å². The fraction of sp³-hybridized carbons (Fsp3) is 1.00. The number of hydrogen-bond donors (Lipinski definition) is 2. The number of aliphatic hydroxyl groups is 2. The Kier molecular flexibility index (Phi) is 7.27. The van der Waals surface area contributed by atoms with Gasteiger partial charge in [-0.3, -0.25) is 0 Å². The number of aliphatic hydroxyl groups excluding tert-OH is 2. The summed E-state index contributed by atoms with van der Waals surface area (Å²) in [6.45, 7) is 9.19. The first kappa shape index (κ1) is 21.1. The van der Waals surface area contributed by atoms with Crippen molar-refractivity contribution < 1.29 is 29.5 Å². The van der Waals surface area contributed by atoms with Gasteiger partial charge in [-0.2, -0.15) is 0 Å². The number of ether oxygens (including phenoxy) is 2. The Hall–Kier alpha value is -0.240. The second-order valence-electron chi connectivity index (χ2n) is 7.80. The molecule has 2 saturated heterocycles. The molecule has 25 heavy (non-hydrogen) atoms. The smallest absolute Gasteiger partial charge is 0.199 e. The molecule has 3 atom stereocenters. The van der Waals surface area contributed by atoms with Gasteiger partial charge in [0, 0.05) is 10.8 Å². The molecule has 0 saturated carbocycles. The van der Waals surface area contributed by atoms with E-state index in [1.807, 2.05) is 13.8 Å². The summed E-state index contributed by atoms with van der Waals surface area (Å²) in [5, 5.41) is 19.6. The van der Waals surface area contributed by atoms with Gasteiger partial charge in [-0.15, -0.1) is 0 Å². The van der Waals surface area contributed by atoms with Crippen LogP contribution >= 0.6 is 0 Å². The van der Waals surface area contributed by atoms with Crippen molar-refractivity contribution in [3.63, 3.8) is 0 Å². The molecule has 3 unspecified atom stereocenters. The van der Waals surface area contributed by atoms with Gasteiger partial charge in [-0.05, 0) is 38.5 Å². The highest BCUT2D eigenvalue weighted by molar-refractivity contribution is 4.94. The number of hydrogen-bond acceptors (Lipinski definition) is 6. The second-order valence-corrected chi connectivity index (χ2v) is 7.80. The van der Waals surface area contributed by atoms with E-state index < -0.39 is 17.3 Å². The predicted octanol–water partition coefficient (Wildman–Crippen LogP) is 2.81. The molecule has 6 heteroatoms. The highest BCUT2D eigenvalue weighted by atomic mass is 17.2. The van der Waals surface area contributed by atoms with Gasteiger partial charge in [0.05, 0.1) is 32.5 Å². The van der Waals surface area contributed by atoms with Gasteiger partial charge in [-0.25, -0.2) is 9.78 Å². The first-order valence-electron chi connectivity index (χ1n) is 9.78. The molecule has 0 aromatic rings. The summed E-state index contributed by atoms with van der Waals surface area (Å²) in [4.78, 5) is 11.4. The van der Waals surface area contributed by atoms with Crippen LogP contribution in [0.1, 0.15) is 66.2 Å². The fourth-order valence-electron chi connectivity index (χ4n) is 4.08. The first-order chi connectivity index (χ1) is 12.0. The molecule has 2 aliphatic rings. The summed E-state index contributed by atoms with van der Waals surface area (Å²) in [7, 11) is 0. The van der Waals surface area contributed by atoms with Gasteiger partial charge < -0.3 is 19.7 Å². The third-order valence-electron chi connectivity index (χ3n) is 6.85. The van der Waals surface area contributed by atoms with Crippen molar-refractivity contribution in [3.05, 3.63) is 0 Å². The zero-order valence-electron chi connectivity index (χ0n) is 16.3. The second kappa shape index (κ2) is 8.63. The van der Waals surface area contributed by atoms with Crippen molar-refractivity contribution in [2.24, 2.45) is 10.8 Å². The van der Waals surface area contributed by atoms with Crippen LogP contribution in [0.4, 0.5) is 0 Å². The fourth-order valence-corrected chi connectivity index (χ4v) is 4.08. The molecular formula is C19H36O6. The Morgan fingerprint density at radius 2 is 1.44 bits per heavy atom. The van der Waals surface area contributed by atoms with Crippen LogP contribution in [0, 0.1) is 10.8 Å². The molecule has 2 heterocycles. The van der Waals surface area contributed by atoms with Crippen LogP contribution in [0.15, 0.2) is 0 Å². The molecule has 0 bridgehead atoms. The van der Waals surface area contributed by atoms with E-state index in [1.54, 1.807) is 0 Å². The van der Waals surface area contributed by atoms with Crippen LogP contribution in [0.3, 0.4) is 0 Å². The molecule has 2 aliphatic heterocycles. The quantitative estimate of drug-likeness (QED) is 0.648. The summed E-state index contributed by atoms with van der Waals surface area (Å²) < 4.78 is 12.1. The molecule has 0 aliphatic carbocycles. The zero-order chi connectivity index (χ0) is 18.6. The largest absolute Gasteiger partial charge is 0.396 e. The van der Waals surface area contributed by atoms with E-state index in [9.17, 15) is 10.2 Å². The third kappa shape index (κ3) is 3.89. The van der Waals surface area contributed by atoms with Crippen LogP contribution in [-0.2, 0) is 19.2 Å². The van der Waals surface area contributed by atoms with Gasteiger partial charge in [0.15, 0.2) is 11.9 Å². The van der Waals surface area contributed by atoms with E-state index in [1.165, 1.54) is 0 Å². The normalized spacial score (nSPS) is 31.4. The lowest BCUT2D eigenvalue weighted by molar-refractivity contribution is -0.500. The van der Waals surface area contributed by atoms with Crippen LogP contribution in [-0.4, -0.2) is 54.6 Å². The van der Waals surface area contributed by atoms with E-state index >= 15 is 0 Å². The summed E-state index contributed by atoms with van der Waals surface area (Å²) in [5.41, 5.74) is -1.20. The summed E-state index contributed by atoms with van der Waals surface area (Å²) in [6, 6.07) is 0. The maximum absolute atomic E-state index is 9.85. The standard InChI is InChI=1S/C19H36O6/c1-5-17(6-2,11-20)15-9-10-19(13-22-15)14-23-16(24-25-19)18(7-3,8-4)12-21/h15-16,20-21H,5-14H2,1-4H3. The van der Waals surface area contributed by atoms with Crippen molar-refractivity contribution in [2.75, 3.05) is 26.4 Å². The highest BCUT2D eigenvalue weighted by Gasteiger charge is 2.50. The van der Waals surface area contributed by atoms with Crippen LogP contribution in [0.25, 0.3) is 0 Å². The van der Waals surface area contributed by atoms with Crippen LogP contribution in [0.5, 0.6) is 0 Å². The third-order valence-corrected chi connectivity index (χ3v) is 6.85. The van der Waals surface area contributed by atoms with E-state index in [2.05, 4.69) is 13.8 Å². The Balaban J connectivity index is 1.95. The molecule has 2 rings (SSSR count). The Bertz CT molecular complexity index is 331. The molecule has 2 N–H and O–H groups in total. The lowest BCUT2D eigenvalue weighted by Crippen LogP contribution is -2.57. The van der Waals surface area contributed by atoms with Crippen molar-refractivity contribution in [1.82, 2.24) is 0 Å². The first-order valence-corrected chi connectivity index (χ1v) is 9.78. The van der Waals surface area contributed by atoms with Crippen molar-refractivity contribution in [3.8, 4) is 0 Å². The predicted molar refractivity (Wildman–Crippen MR) is 93.8 cm³/mol. The lowest BCUT2D eigenvalue weighted by Gasteiger charge is -2.49. The molecule has 2 fully saturated rings. The maximum atomic E-state index is 9.85. The highest BCUT2D eigenvalue weighted by Crippen LogP contribution is 2.43. The van der Waals surface area contributed by atoms with Gasteiger partial charge in [-0.1, -0.05) is 27.7 Å². The summed E-state index contributed by atoms with van der Waals surface area (Å²) in [5.74, 6) is 0. The molecule has 6 nitrogen and oxygen atoms in total. The van der Waals surface area contributed by atoms with E-state index in [-0.39, 0.29) is 24.7 Å². The maximum Gasteiger partial charge on any atom is 0.199 e. The molecule has 0 amide bonds. The topological polar surface area (TPSA) is 77.4 Å². The van der Waals surface area contributed by atoms with Gasteiger partial charge in [0.2, 0.25) is 0 Å². The van der Waals surface area contributed by atoms with E-state index in [0.29, 0.717) is 13.2 Å². The summed E-state index contributed by atoms with van der Waals surface area (Å²) >= 11 is 0. The van der Waals surface area contributed by atoms with Crippen molar-refractivity contribution in [1.29, 1.82) is 0 Å². The van der Waals surface area contributed by atoms with Crippen LogP contribution in [0.2, 0.25) is 0 Å². The Labute approximate surface area is 151 Å². The zero-order valence-corrected chi connectivity index (χ0v) is 16.3.